The first-order valence-corrected chi connectivity index (χ1v) is 5.77. The van der Waals surface area contributed by atoms with Crippen molar-refractivity contribution in [2.45, 2.75) is 51.4 Å². The molecule has 0 fully saturated rings. The van der Waals surface area contributed by atoms with E-state index >= 15 is 0 Å². The Morgan fingerprint density at radius 2 is 1.47 bits per heavy atom. The maximum Gasteiger partial charge on any atom is 0.327 e. The molecule has 0 unspecified atom stereocenters. The topological polar surface area (TPSA) is 57.5 Å². The van der Waals surface area contributed by atoms with E-state index in [-0.39, 0.29) is 0 Å². The third-order valence-electron chi connectivity index (χ3n) is 2.29. The highest BCUT2D eigenvalue weighted by Gasteiger charge is 1.91. The quantitative estimate of drug-likeness (QED) is 0.434. The molecule has 0 aliphatic carbocycles. The summed E-state index contributed by atoms with van der Waals surface area (Å²) in [6.07, 6.45) is 11.7. The highest BCUT2D eigenvalue weighted by atomic mass is 16.4. The third-order valence-corrected chi connectivity index (χ3v) is 2.29. The van der Waals surface area contributed by atoms with Crippen molar-refractivity contribution in [3.05, 3.63) is 12.2 Å². The number of hydrogen-bond acceptors (Lipinski definition) is 2. The normalized spacial score (nSPS) is 11.0. The molecule has 0 bridgehead atoms. The Morgan fingerprint density at radius 3 is 2.00 bits per heavy atom. The molecule has 88 valence electrons. The van der Waals surface area contributed by atoms with E-state index in [2.05, 4.69) is 0 Å². The lowest BCUT2D eigenvalue weighted by molar-refractivity contribution is -0.131. The zero-order chi connectivity index (χ0) is 11.4. The molecule has 0 saturated carbocycles. The van der Waals surface area contributed by atoms with Crippen molar-refractivity contribution in [2.75, 3.05) is 6.61 Å². The minimum absolute atomic E-state index is 0.306. The van der Waals surface area contributed by atoms with Gasteiger partial charge in [0.15, 0.2) is 0 Å². The van der Waals surface area contributed by atoms with E-state index in [1.807, 2.05) is 0 Å². The lowest BCUT2D eigenvalue weighted by Gasteiger charge is -1.99. The number of carbonyl (C=O) groups is 1. The van der Waals surface area contributed by atoms with Crippen LogP contribution in [0.4, 0.5) is 0 Å². The zero-order valence-corrected chi connectivity index (χ0v) is 9.32. The zero-order valence-electron chi connectivity index (χ0n) is 9.32. The average Bonchev–Trinajstić information content (AvgIpc) is 2.20. The molecule has 3 nitrogen and oxygen atoms in total. The van der Waals surface area contributed by atoms with Crippen molar-refractivity contribution in [3.63, 3.8) is 0 Å². The lowest BCUT2D eigenvalue weighted by atomic mass is 10.1. The van der Waals surface area contributed by atoms with Gasteiger partial charge in [0.1, 0.15) is 0 Å². The van der Waals surface area contributed by atoms with Crippen LogP contribution in [-0.4, -0.2) is 22.8 Å². The van der Waals surface area contributed by atoms with Gasteiger partial charge in [-0.25, -0.2) is 4.79 Å². The van der Waals surface area contributed by atoms with Crippen molar-refractivity contribution in [3.8, 4) is 0 Å². The van der Waals surface area contributed by atoms with Gasteiger partial charge in [0.2, 0.25) is 0 Å². The number of aliphatic hydroxyl groups excluding tert-OH is 1. The van der Waals surface area contributed by atoms with Crippen LogP contribution in [0.3, 0.4) is 0 Å². The van der Waals surface area contributed by atoms with E-state index in [0.29, 0.717) is 6.61 Å². The molecule has 0 aliphatic heterocycles. The van der Waals surface area contributed by atoms with Crippen LogP contribution in [0.15, 0.2) is 12.2 Å². The maximum atomic E-state index is 10.1. The fourth-order valence-electron chi connectivity index (χ4n) is 1.44. The number of aliphatic carboxylic acids is 1. The summed E-state index contributed by atoms with van der Waals surface area (Å²) in [5.74, 6) is -0.862. The van der Waals surface area contributed by atoms with Crippen molar-refractivity contribution in [1.82, 2.24) is 0 Å². The van der Waals surface area contributed by atoms with Crippen LogP contribution in [0.5, 0.6) is 0 Å². The summed E-state index contributed by atoms with van der Waals surface area (Å²) in [7, 11) is 0. The van der Waals surface area contributed by atoms with Crippen LogP contribution < -0.4 is 0 Å². The Labute approximate surface area is 91.8 Å². The maximum absolute atomic E-state index is 10.1. The van der Waals surface area contributed by atoms with E-state index in [9.17, 15) is 4.79 Å². The molecule has 0 rings (SSSR count). The Morgan fingerprint density at radius 1 is 0.933 bits per heavy atom. The highest BCUT2D eigenvalue weighted by molar-refractivity contribution is 5.79. The standard InChI is InChI=1S/C12H22O3/c13-11-9-7-5-3-1-2-4-6-8-10-12(14)15/h8,10,13H,1-7,9,11H2,(H,14,15)/b10-8+. The minimum atomic E-state index is -0.862. The van der Waals surface area contributed by atoms with Crippen molar-refractivity contribution in [2.24, 2.45) is 0 Å². The minimum Gasteiger partial charge on any atom is -0.478 e. The summed E-state index contributed by atoms with van der Waals surface area (Å²) in [5, 5.41) is 16.9. The summed E-state index contributed by atoms with van der Waals surface area (Å²) >= 11 is 0. The van der Waals surface area contributed by atoms with Crippen LogP contribution >= 0.6 is 0 Å². The molecule has 0 saturated heterocycles. The predicted octanol–water partition coefficient (Wildman–Crippen LogP) is 2.74. The first kappa shape index (κ1) is 14.2. The van der Waals surface area contributed by atoms with Gasteiger partial charge in [-0.3, -0.25) is 0 Å². The van der Waals surface area contributed by atoms with Gasteiger partial charge in [-0.15, -0.1) is 0 Å². The molecule has 0 aromatic rings. The lowest BCUT2D eigenvalue weighted by Crippen LogP contribution is -1.86. The molecular weight excluding hydrogens is 192 g/mol. The van der Waals surface area contributed by atoms with Gasteiger partial charge in [0.25, 0.3) is 0 Å². The summed E-state index contributed by atoms with van der Waals surface area (Å²) in [6, 6.07) is 0. The van der Waals surface area contributed by atoms with Crippen LogP contribution in [0.1, 0.15) is 51.4 Å². The van der Waals surface area contributed by atoms with Gasteiger partial charge in [-0.2, -0.15) is 0 Å². The average molecular weight is 214 g/mol. The van der Waals surface area contributed by atoms with E-state index < -0.39 is 5.97 Å². The van der Waals surface area contributed by atoms with Crippen LogP contribution in [0.25, 0.3) is 0 Å². The second kappa shape index (κ2) is 11.2. The van der Waals surface area contributed by atoms with Crippen molar-refractivity contribution >= 4 is 5.97 Å². The number of aliphatic hydroxyl groups is 1. The summed E-state index contributed by atoms with van der Waals surface area (Å²) in [5.41, 5.74) is 0. The van der Waals surface area contributed by atoms with E-state index in [1.165, 1.54) is 31.8 Å². The highest BCUT2D eigenvalue weighted by Crippen LogP contribution is 2.08. The van der Waals surface area contributed by atoms with Crippen molar-refractivity contribution < 1.29 is 15.0 Å². The van der Waals surface area contributed by atoms with E-state index in [4.69, 9.17) is 10.2 Å². The smallest absolute Gasteiger partial charge is 0.327 e. The Hall–Kier alpha value is -0.830. The number of carboxylic acids is 1. The van der Waals surface area contributed by atoms with Gasteiger partial charge >= 0.3 is 5.97 Å². The van der Waals surface area contributed by atoms with Crippen molar-refractivity contribution in [1.29, 1.82) is 0 Å². The first-order chi connectivity index (χ1) is 7.27. The molecule has 0 atom stereocenters. The van der Waals surface area contributed by atoms with Gasteiger partial charge < -0.3 is 10.2 Å². The summed E-state index contributed by atoms with van der Waals surface area (Å²) in [4.78, 5) is 10.1. The monoisotopic (exact) mass is 214 g/mol. The molecule has 0 aromatic carbocycles. The molecule has 3 heteroatoms. The molecule has 0 heterocycles. The number of allylic oxidation sites excluding steroid dienone is 1. The third kappa shape index (κ3) is 13.2. The number of rotatable bonds is 10. The fourth-order valence-corrected chi connectivity index (χ4v) is 1.44. The number of carboxylic acid groups (broad SMARTS) is 1. The summed E-state index contributed by atoms with van der Waals surface area (Å²) in [6.45, 7) is 0.306. The second-order valence-corrected chi connectivity index (χ2v) is 3.73. The Bertz CT molecular complexity index is 176. The Balaban J connectivity index is 3.02. The fraction of sp³-hybridized carbons (Fsp3) is 0.750. The number of hydrogen-bond donors (Lipinski definition) is 2. The van der Waals surface area contributed by atoms with Crippen LogP contribution in [0, 0.1) is 0 Å². The first-order valence-electron chi connectivity index (χ1n) is 5.77. The molecule has 0 radical (unpaired) electrons. The second-order valence-electron chi connectivity index (χ2n) is 3.73. The summed E-state index contributed by atoms with van der Waals surface area (Å²) < 4.78 is 0. The SMILES string of the molecule is O=C(O)/C=C/CCCCCCCCCO. The predicted molar refractivity (Wildman–Crippen MR) is 60.8 cm³/mol. The number of unbranched alkanes of at least 4 members (excludes halogenated alkanes) is 7. The van der Waals surface area contributed by atoms with Crippen LogP contribution in [0.2, 0.25) is 0 Å². The largest absolute Gasteiger partial charge is 0.478 e. The molecule has 0 aromatic heterocycles. The molecule has 15 heavy (non-hydrogen) atoms. The van der Waals surface area contributed by atoms with Gasteiger partial charge in [-0.05, 0) is 19.3 Å². The van der Waals surface area contributed by atoms with Gasteiger partial charge in [0, 0.05) is 12.7 Å². The van der Waals surface area contributed by atoms with Gasteiger partial charge in [0.05, 0.1) is 0 Å². The molecule has 0 amide bonds. The van der Waals surface area contributed by atoms with E-state index in [1.54, 1.807) is 6.08 Å². The Kier molecular flexibility index (Phi) is 10.6. The molecule has 0 aliphatic rings. The molecule has 0 spiro atoms. The van der Waals surface area contributed by atoms with Gasteiger partial charge in [-0.1, -0.05) is 38.2 Å². The van der Waals surface area contributed by atoms with Crippen LogP contribution in [-0.2, 0) is 4.79 Å². The molecular formula is C12H22O3. The molecule has 2 N–H and O–H groups in total. The van der Waals surface area contributed by atoms with E-state index in [0.717, 1.165) is 25.7 Å².